The maximum absolute atomic E-state index is 10.3. The lowest BCUT2D eigenvalue weighted by atomic mass is 10.3. The summed E-state index contributed by atoms with van der Waals surface area (Å²) in [7, 11) is 3.67. The van der Waals surface area contributed by atoms with E-state index in [1.54, 1.807) is 17.0 Å². The Kier molecular flexibility index (Phi) is 2.38. The Labute approximate surface area is 70.4 Å². The molecule has 0 aliphatic rings. The third kappa shape index (κ3) is 2.02. The summed E-state index contributed by atoms with van der Waals surface area (Å²) in [5.41, 5.74) is 0. The summed E-state index contributed by atoms with van der Waals surface area (Å²) in [6.45, 7) is 0. The quantitative estimate of drug-likeness (QED) is 0.732. The van der Waals surface area contributed by atoms with Gasteiger partial charge in [-0.05, 0) is 6.07 Å². The Morgan fingerprint density at radius 1 is 1.58 bits per heavy atom. The van der Waals surface area contributed by atoms with Crippen LogP contribution in [0, 0.1) is 0 Å². The lowest BCUT2D eigenvalue weighted by Crippen LogP contribution is -2.07. The fraction of sp³-hybridized carbons (Fsp3) is 0.375. The molecule has 0 saturated carbocycles. The van der Waals surface area contributed by atoms with Gasteiger partial charge in [-0.2, -0.15) is 0 Å². The Balaban J connectivity index is 2.70. The number of nitrogens with zero attached hydrogens (tertiary/aromatic N) is 1. The predicted molar refractivity (Wildman–Crippen MR) is 44.4 cm³/mol. The van der Waals surface area contributed by atoms with Gasteiger partial charge in [0.2, 0.25) is 0 Å². The van der Waals surface area contributed by atoms with Gasteiger partial charge in [0.25, 0.3) is 0 Å². The van der Waals surface area contributed by atoms with Gasteiger partial charge in [-0.25, -0.2) is 0 Å². The summed E-state index contributed by atoms with van der Waals surface area (Å²) < 4.78 is 5.20. The van der Waals surface area contributed by atoms with E-state index in [9.17, 15) is 4.79 Å². The Morgan fingerprint density at radius 2 is 2.25 bits per heavy atom. The average molecular weight is 169 g/mol. The van der Waals surface area contributed by atoms with Gasteiger partial charge in [-0.3, -0.25) is 4.79 Å². The Hall–Kier alpha value is -1.45. The standard InChI is InChI=1S/C8H11NO3/c1-9(2)7-4-3-6(12-7)5-8(10)11/h3-4H,5H2,1-2H3,(H,10,11). The molecule has 0 atom stereocenters. The zero-order valence-electron chi connectivity index (χ0n) is 7.07. The van der Waals surface area contributed by atoms with Crippen LogP contribution in [0.2, 0.25) is 0 Å². The summed E-state index contributed by atoms with van der Waals surface area (Å²) in [6, 6.07) is 3.42. The zero-order chi connectivity index (χ0) is 9.14. The highest BCUT2D eigenvalue weighted by Crippen LogP contribution is 2.15. The first-order valence-corrected chi connectivity index (χ1v) is 3.57. The van der Waals surface area contributed by atoms with Crippen molar-refractivity contribution in [1.82, 2.24) is 0 Å². The van der Waals surface area contributed by atoms with Gasteiger partial charge in [-0.15, -0.1) is 0 Å². The molecule has 0 aliphatic heterocycles. The molecule has 0 unspecified atom stereocenters. The molecule has 0 bridgehead atoms. The van der Waals surface area contributed by atoms with E-state index in [-0.39, 0.29) is 6.42 Å². The molecule has 1 aromatic heterocycles. The van der Waals surface area contributed by atoms with Crippen molar-refractivity contribution < 1.29 is 14.3 Å². The molecule has 1 N–H and O–H groups in total. The normalized spacial score (nSPS) is 9.83. The molecule has 0 radical (unpaired) electrons. The molecule has 4 nitrogen and oxygen atoms in total. The number of anilines is 1. The second-order valence-corrected chi connectivity index (χ2v) is 2.70. The van der Waals surface area contributed by atoms with Crippen LogP contribution in [0.25, 0.3) is 0 Å². The van der Waals surface area contributed by atoms with Gasteiger partial charge in [0, 0.05) is 20.2 Å². The number of rotatable bonds is 3. The van der Waals surface area contributed by atoms with Crippen LogP contribution in [-0.4, -0.2) is 25.2 Å². The van der Waals surface area contributed by atoms with Crippen LogP contribution in [0.4, 0.5) is 5.88 Å². The summed E-state index contributed by atoms with van der Waals surface area (Å²) in [6.07, 6.45) is -0.0617. The SMILES string of the molecule is CN(C)c1ccc(CC(=O)O)o1. The summed E-state index contributed by atoms with van der Waals surface area (Å²) >= 11 is 0. The van der Waals surface area contributed by atoms with Crippen LogP contribution < -0.4 is 4.90 Å². The number of hydrogen-bond donors (Lipinski definition) is 1. The van der Waals surface area contributed by atoms with E-state index < -0.39 is 5.97 Å². The second kappa shape index (κ2) is 3.30. The molecule has 1 rings (SSSR count). The van der Waals surface area contributed by atoms with Crippen LogP contribution in [-0.2, 0) is 11.2 Å². The van der Waals surface area contributed by atoms with Crippen LogP contribution >= 0.6 is 0 Å². The van der Waals surface area contributed by atoms with Gasteiger partial charge >= 0.3 is 5.97 Å². The number of hydrogen-bond acceptors (Lipinski definition) is 3. The fourth-order valence-electron chi connectivity index (χ4n) is 0.851. The first kappa shape index (κ1) is 8.64. The fourth-order valence-corrected chi connectivity index (χ4v) is 0.851. The highest BCUT2D eigenvalue weighted by molar-refractivity contribution is 5.69. The van der Waals surface area contributed by atoms with Crippen molar-refractivity contribution in [3.05, 3.63) is 17.9 Å². The Morgan fingerprint density at radius 3 is 2.67 bits per heavy atom. The molecule has 4 heteroatoms. The van der Waals surface area contributed by atoms with Crippen LogP contribution in [0.15, 0.2) is 16.5 Å². The molecule has 0 saturated heterocycles. The van der Waals surface area contributed by atoms with E-state index in [4.69, 9.17) is 9.52 Å². The van der Waals surface area contributed by atoms with Crippen molar-refractivity contribution in [2.45, 2.75) is 6.42 Å². The largest absolute Gasteiger partial charge is 0.481 e. The molecular formula is C8H11NO3. The molecule has 66 valence electrons. The number of furan rings is 1. The maximum atomic E-state index is 10.3. The van der Waals surface area contributed by atoms with E-state index in [1.165, 1.54) is 0 Å². The van der Waals surface area contributed by atoms with Crippen molar-refractivity contribution in [3.63, 3.8) is 0 Å². The van der Waals surface area contributed by atoms with Crippen LogP contribution in [0.1, 0.15) is 5.76 Å². The van der Waals surface area contributed by atoms with Gasteiger partial charge in [0.05, 0.1) is 0 Å². The number of carboxylic acids is 1. The molecule has 0 amide bonds. The minimum Gasteiger partial charge on any atom is -0.481 e. The van der Waals surface area contributed by atoms with Gasteiger partial charge < -0.3 is 14.4 Å². The van der Waals surface area contributed by atoms with Crippen molar-refractivity contribution in [3.8, 4) is 0 Å². The summed E-state index contributed by atoms with van der Waals surface area (Å²) in [4.78, 5) is 12.1. The first-order chi connectivity index (χ1) is 5.59. The zero-order valence-corrected chi connectivity index (χ0v) is 7.07. The third-order valence-corrected chi connectivity index (χ3v) is 1.41. The topological polar surface area (TPSA) is 53.7 Å². The van der Waals surface area contributed by atoms with Gasteiger partial charge in [0.15, 0.2) is 5.88 Å². The molecular weight excluding hydrogens is 158 g/mol. The third-order valence-electron chi connectivity index (χ3n) is 1.41. The molecule has 0 aliphatic carbocycles. The number of carbonyl (C=O) groups is 1. The number of aliphatic carboxylic acids is 1. The van der Waals surface area contributed by atoms with E-state index in [1.807, 2.05) is 14.1 Å². The maximum Gasteiger partial charge on any atom is 0.311 e. The summed E-state index contributed by atoms with van der Waals surface area (Å²) in [5, 5.41) is 8.44. The molecule has 0 spiro atoms. The van der Waals surface area contributed by atoms with Gasteiger partial charge in [-0.1, -0.05) is 0 Å². The minimum atomic E-state index is -0.880. The average Bonchev–Trinajstić information content (AvgIpc) is 2.34. The van der Waals surface area contributed by atoms with Crippen LogP contribution in [0.5, 0.6) is 0 Å². The Bertz CT molecular complexity index is 278. The monoisotopic (exact) mass is 169 g/mol. The lowest BCUT2D eigenvalue weighted by molar-refractivity contribution is -0.136. The van der Waals surface area contributed by atoms with E-state index in [0.717, 1.165) is 0 Å². The van der Waals surface area contributed by atoms with E-state index in [0.29, 0.717) is 11.6 Å². The highest BCUT2D eigenvalue weighted by Gasteiger charge is 2.06. The first-order valence-electron chi connectivity index (χ1n) is 3.57. The van der Waals surface area contributed by atoms with Gasteiger partial charge in [0.1, 0.15) is 12.2 Å². The van der Waals surface area contributed by atoms with E-state index >= 15 is 0 Å². The van der Waals surface area contributed by atoms with Crippen LogP contribution in [0.3, 0.4) is 0 Å². The molecule has 12 heavy (non-hydrogen) atoms. The summed E-state index contributed by atoms with van der Waals surface area (Å²) in [5.74, 6) is 0.270. The molecule has 0 fully saturated rings. The van der Waals surface area contributed by atoms with Crippen molar-refractivity contribution >= 4 is 11.9 Å². The smallest absolute Gasteiger partial charge is 0.311 e. The predicted octanol–water partition coefficient (Wildman–Crippen LogP) is 0.973. The lowest BCUT2D eigenvalue weighted by Gasteiger charge is -2.05. The van der Waals surface area contributed by atoms with E-state index in [2.05, 4.69) is 0 Å². The highest BCUT2D eigenvalue weighted by atomic mass is 16.4. The second-order valence-electron chi connectivity index (χ2n) is 2.70. The van der Waals surface area contributed by atoms with Crippen molar-refractivity contribution in [2.75, 3.05) is 19.0 Å². The molecule has 1 aromatic rings. The van der Waals surface area contributed by atoms with Crippen molar-refractivity contribution in [2.24, 2.45) is 0 Å². The molecule has 0 aromatic carbocycles. The van der Waals surface area contributed by atoms with Crippen molar-refractivity contribution in [1.29, 1.82) is 0 Å². The minimum absolute atomic E-state index is 0.0617. The number of carboxylic acid groups (broad SMARTS) is 1. The molecule has 1 heterocycles.